The molecule has 1 aromatic carbocycles. The van der Waals surface area contributed by atoms with Gasteiger partial charge >= 0.3 is 0 Å². The van der Waals surface area contributed by atoms with Crippen LogP contribution in [0, 0.1) is 0 Å². The molecule has 1 heterocycles. The van der Waals surface area contributed by atoms with Crippen molar-refractivity contribution in [3.63, 3.8) is 0 Å². The third-order valence-corrected chi connectivity index (χ3v) is 3.37. The van der Waals surface area contributed by atoms with E-state index < -0.39 is 12.1 Å². The quantitative estimate of drug-likeness (QED) is 0.829. The molecule has 118 valence electrons. The lowest BCUT2D eigenvalue weighted by molar-refractivity contribution is -0.135. The molecule has 6 nitrogen and oxygen atoms in total. The molecule has 0 unspecified atom stereocenters. The zero-order valence-corrected chi connectivity index (χ0v) is 12.8. The van der Waals surface area contributed by atoms with Gasteiger partial charge < -0.3 is 15.5 Å². The molecule has 0 radical (unpaired) electrons. The van der Waals surface area contributed by atoms with Crippen molar-refractivity contribution >= 4 is 17.5 Å². The summed E-state index contributed by atoms with van der Waals surface area (Å²) in [4.78, 5) is 29.1. The number of nitrogens with zero attached hydrogens (tertiary/aromatic N) is 1. The van der Waals surface area contributed by atoms with Gasteiger partial charge in [0.2, 0.25) is 12.0 Å². The minimum atomic E-state index is -0.684. The number of carbonyl (C=O) groups is 2. The second-order valence-electron chi connectivity index (χ2n) is 5.22. The van der Waals surface area contributed by atoms with Gasteiger partial charge in [0.15, 0.2) is 0 Å². The van der Waals surface area contributed by atoms with E-state index in [1.807, 2.05) is 37.3 Å². The zero-order valence-electron chi connectivity index (χ0n) is 12.8. The average molecular weight is 303 g/mol. The Morgan fingerprint density at radius 3 is 2.77 bits per heavy atom. The molecule has 0 fully saturated rings. The van der Waals surface area contributed by atoms with Crippen LogP contribution in [0.25, 0.3) is 0 Å². The van der Waals surface area contributed by atoms with Crippen molar-refractivity contribution in [2.75, 3.05) is 6.54 Å². The second kappa shape index (κ2) is 7.59. The monoisotopic (exact) mass is 303 g/mol. The highest BCUT2D eigenvalue weighted by atomic mass is 16.6. The van der Waals surface area contributed by atoms with Crippen LogP contribution in [0.5, 0.6) is 0 Å². The lowest BCUT2D eigenvalue weighted by atomic mass is 10.0. The largest absolute Gasteiger partial charge is 0.382 e. The number of hydrogen-bond acceptors (Lipinski definition) is 4. The van der Waals surface area contributed by atoms with Crippen LogP contribution in [0.15, 0.2) is 35.5 Å². The Morgan fingerprint density at radius 1 is 1.36 bits per heavy atom. The molecule has 1 aromatic rings. The van der Waals surface area contributed by atoms with Gasteiger partial charge in [-0.2, -0.15) is 0 Å². The molecule has 0 aromatic heterocycles. The van der Waals surface area contributed by atoms with E-state index in [2.05, 4.69) is 15.8 Å². The van der Waals surface area contributed by atoms with E-state index in [1.165, 1.54) is 0 Å². The molecule has 0 aliphatic carbocycles. The van der Waals surface area contributed by atoms with E-state index >= 15 is 0 Å². The summed E-state index contributed by atoms with van der Waals surface area (Å²) in [6.45, 7) is 4.22. The number of oxime groups is 1. The van der Waals surface area contributed by atoms with E-state index in [-0.39, 0.29) is 11.8 Å². The van der Waals surface area contributed by atoms with Crippen LogP contribution in [0.4, 0.5) is 0 Å². The maximum atomic E-state index is 12.1. The van der Waals surface area contributed by atoms with E-state index in [9.17, 15) is 9.59 Å². The first-order valence-corrected chi connectivity index (χ1v) is 7.48. The number of benzene rings is 1. The third kappa shape index (κ3) is 4.07. The minimum absolute atomic E-state index is 0.197. The van der Waals surface area contributed by atoms with Crippen LogP contribution in [0.2, 0.25) is 0 Å². The normalized spacial score (nSPS) is 18.1. The molecular formula is C16H21N3O3. The van der Waals surface area contributed by atoms with E-state index in [0.29, 0.717) is 13.0 Å². The standard InChI is InChI=1S/C16H21N3O3/c1-3-9-17-15(20)11(2)18-16(21)14-10-13(19-22-14)12-7-5-4-6-8-12/h4-8,11,14H,3,9-10H2,1-2H3,(H,17,20)(H,18,21)/t11-,14-/m1/s1. The van der Waals surface area contributed by atoms with Gasteiger partial charge in [-0.1, -0.05) is 42.4 Å². The highest BCUT2D eigenvalue weighted by Crippen LogP contribution is 2.16. The first-order valence-electron chi connectivity index (χ1n) is 7.48. The Labute approximate surface area is 129 Å². The molecule has 6 heteroatoms. The summed E-state index contributed by atoms with van der Waals surface area (Å²) in [5, 5.41) is 9.36. The van der Waals surface area contributed by atoms with Gasteiger partial charge in [-0.05, 0) is 18.9 Å². The highest BCUT2D eigenvalue weighted by molar-refractivity contribution is 6.04. The number of nitrogens with one attached hydrogen (secondary N) is 2. The summed E-state index contributed by atoms with van der Waals surface area (Å²) in [6.07, 6.45) is 0.572. The Morgan fingerprint density at radius 2 is 2.09 bits per heavy atom. The number of carbonyl (C=O) groups excluding carboxylic acids is 2. The van der Waals surface area contributed by atoms with E-state index in [0.717, 1.165) is 17.7 Å². The fourth-order valence-electron chi connectivity index (χ4n) is 2.09. The second-order valence-corrected chi connectivity index (χ2v) is 5.22. The van der Waals surface area contributed by atoms with Crippen LogP contribution in [0.3, 0.4) is 0 Å². The molecule has 2 amide bonds. The summed E-state index contributed by atoms with van der Waals surface area (Å²) in [5.74, 6) is -0.522. The van der Waals surface area contributed by atoms with Crippen LogP contribution in [-0.2, 0) is 14.4 Å². The Kier molecular flexibility index (Phi) is 5.52. The van der Waals surface area contributed by atoms with Crippen molar-refractivity contribution in [1.29, 1.82) is 0 Å². The van der Waals surface area contributed by atoms with Gasteiger partial charge in [-0.25, -0.2) is 0 Å². The van der Waals surface area contributed by atoms with Crippen LogP contribution in [0.1, 0.15) is 32.3 Å². The Bertz CT molecular complexity index is 557. The first-order chi connectivity index (χ1) is 10.6. The highest BCUT2D eigenvalue weighted by Gasteiger charge is 2.30. The summed E-state index contributed by atoms with van der Waals surface area (Å²) in [5.41, 5.74) is 1.68. The fraction of sp³-hybridized carbons (Fsp3) is 0.438. The smallest absolute Gasteiger partial charge is 0.264 e. The van der Waals surface area contributed by atoms with Crippen molar-refractivity contribution in [2.45, 2.75) is 38.8 Å². The van der Waals surface area contributed by atoms with Gasteiger partial charge in [0.25, 0.3) is 5.91 Å². The minimum Gasteiger partial charge on any atom is -0.382 e. The van der Waals surface area contributed by atoms with Crippen molar-refractivity contribution in [1.82, 2.24) is 10.6 Å². The zero-order chi connectivity index (χ0) is 15.9. The van der Waals surface area contributed by atoms with Gasteiger partial charge in [0.1, 0.15) is 6.04 Å². The molecule has 2 N–H and O–H groups in total. The Hall–Kier alpha value is -2.37. The molecule has 0 saturated carbocycles. The molecule has 2 rings (SSSR count). The van der Waals surface area contributed by atoms with Crippen molar-refractivity contribution in [3.05, 3.63) is 35.9 Å². The summed E-state index contributed by atoms with van der Waals surface area (Å²) >= 11 is 0. The van der Waals surface area contributed by atoms with Crippen LogP contribution in [-0.4, -0.2) is 36.2 Å². The van der Waals surface area contributed by atoms with E-state index in [4.69, 9.17) is 4.84 Å². The average Bonchev–Trinajstić information content (AvgIpc) is 3.03. The number of hydrogen-bond donors (Lipinski definition) is 2. The molecule has 2 atom stereocenters. The third-order valence-electron chi connectivity index (χ3n) is 3.37. The van der Waals surface area contributed by atoms with Gasteiger partial charge in [-0.15, -0.1) is 0 Å². The van der Waals surface area contributed by atoms with Crippen molar-refractivity contribution in [2.24, 2.45) is 5.16 Å². The van der Waals surface area contributed by atoms with Crippen molar-refractivity contribution in [3.8, 4) is 0 Å². The molecule has 0 spiro atoms. The van der Waals surface area contributed by atoms with Crippen molar-refractivity contribution < 1.29 is 14.4 Å². The number of rotatable bonds is 6. The lowest BCUT2D eigenvalue weighted by Gasteiger charge is -2.15. The molecule has 0 bridgehead atoms. The summed E-state index contributed by atoms with van der Waals surface area (Å²) in [6, 6.07) is 8.98. The van der Waals surface area contributed by atoms with Gasteiger partial charge in [-0.3, -0.25) is 9.59 Å². The molecular weight excluding hydrogens is 282 g/mol. The summed E-state index contributed by atoms with van der Waals surface area (Å²) in [7, 11) is 0. The predicted molar refractivity (Wildman–Crippen MR) is 83.4 cm³/mol. The molecule has 22 heavy (non-hydrogen) atoms. The van der Waals surface area contributed by atoms with Gasteiger partial charge in [0.05, 0.1) is 5.71 Å². The topological polar surface area (TPSA) is 79.8 Å². The predicted octanol–water partition coefficient (Wildman–Crippen LogP) is 1.21. The van der Waals surface area contributed by atoms with E-state index in [1.54, 1.807) is 6.92 Å². The molecule has 1 aliphatic heterocycles. The lowest BCUT2D eigenvalue weighted by Crippen LogP contribution is -2.48. The fourth-order valence-corrected chi connectivity index (χ4v) is 2.09. The molecule has 1 aliphatic rings. The Balaban J connectivity index is 1.84. The SMILES string of the molecule is CCCNC(=O)[C@@H](C)NC(=O)[C@H]1CC(c2ccccc2)=NO1. The number of amides is 2. The molecule has 0 saturated heterocycles. The van der Waals surface area contributed by atoms with Gasteiger partial charge in [0, 0.05) is 13.0 Å². The maximum Gasteiger partial charge on any atom is 0.264 e. The summed E-state index contributed by atoms with van der Waals surface area (Å²) < 4.78 is 0. The van der Waals surface area contributed by atoms with Crippen LogP contribution < -0.4 is 10.6 Å². The maximum absolute atomic E-state index is 12.1. The van der Waals surface area contributed by atoms with Crippen LogP contribution >= 0.6 is 0 Å². The first kappa shape index (κ1) is 16.0.